The molecule has 136 valence electrons. The molecule has 2 nitrogen and oxygen atoms in total. The first kappa shape index (κ1) is 18.2. The summed E-state index contributed by atoms with van der Waals surface area (Å²) in [6, 6.07) is 7.58. The first-order valence-electron chi connectivity index (χ1n) is 9.98. The van der Waals surface area contributed by atoms with Crippen LogP contribution in [-0.4, -0.2) is 13.1 Å². The van der Waals surface area contributed by atoms with E-state index in [0.29, 0.717) is 5.56 Å². The second kappa shape index (κ2) is 8.21. The smallest absolute Gasteiger partial charge is 0.337 e. The molecule has 2 saturated carbocycles. The van der Waals surface area contributed by atoms with Crippen LogP contribution in [0.2, 0.25) is 0 Å². The van der Waals surface area contributed by atoms with Gasteiger partial charge in [0.25, 0.3) is 0 Å². The maximum atomic E-state index is 11.4. The molecule has 0 bridgehead atoms. The lowest BCUT2D eigenvalue weighted by molar-refractivity contribution is 0.0600. The fourth-order valence-corrected chi connectivity index (χ4v) is 4.82. The quantitative estimate of drug-likeness (QED) is 0.391. The molecule has 0 amide bonds. The molecule has 0 spiro atoms. The molecule has 0 N–H and O–H groups in total. The van der Waals surface area contributed by atoms with Crippen LogP contribution in [0.3, 0.4) is 0 Å². The zero-order chi connectivity index (χ0) is 17.7. The summed E-state index contributed by atoms with van der Waals surface area (Å²) >= 11 is 0. The predicted molar refractivity (Wildman–Crippen MR) is 103 cm³/mol. The summed E-state index contributed by atoms with van der Waals surface area (Å²) in [6.07, 6.45) is 17.1. The fraction of sp³-hybridized carbons (Fsp3) is 0.609. The largest absolute Gasteiger partial charge is 0.465 e. The second-order valence-electron chi connectivity index (χ2n) is 8.27. The molecule has 3 unspecified atom stereocenters. The van der Waals surface area contributed by atoms with E-state index in [0.717, 1.165) is 29.2 Å². The van der Waals surface area contributed by atoms with Gasteiger partial charge in [-0.15, -0.1) is 0 Å². The Morgan fingerprint density at radius 3 is 2.76 bits per heavy atom. The standard InChI is InChI=1S/C23H32O2/c1-18(16-23-15-7-10-21(23)17-23)8-5-3-4-6-9-19-11-13-20(14-12-19)22(24)25-2/h6,9,11-14,18,21H,3-5,7-8,10,15-17H2,1-2H3. The molecule has 1 aromatic carbocycles. The number of carbonyl (C=O) groups excluding carboxylic acids is 1. The second-order valence-corrected chi connectivity index (χ2v) is 8.27. The van der Waals surface area contributed by atoms with Crippen LogP contribution in [-0.2, 0) is 4.74 Å². The summed E-state index contributed by atoms with van der Waals surface area (Å²) in [5, 5.41) is 0. The van der Waals surface area contributed by atoms with E-state index < -0.39 is 0 Å². The number of allylic oxidation sites excluding steroid dienone is 1. The first-order valence-corrected chi connectivity index (χ1v) is 9.98. The van der Waals surface area contributed by atoms with Crippen LogP contribution in [0.25, 0.3) is 6.08 Å². The SMILES string of the molecule is COC(=O)c1ccc(C=CCCCCC(C)CC23CCCC2C3)cc1. The normalized spacial score (nSPS) is 25.8. The van der Waals surface area contributed by atoms with E-state index in [1.807, 2.05) is 24.3 Å². The van der Waals surface area contributed by atoms with Gasteiger partial charge in [-0.3, -0.25) is 0 Å². The highest BCUT2D eigenvalue weighted by Crippen LogP contribution is 2.66. The van der Waals surface area contributed by atoms with Gasteiger partial charge in [0.05, 0.1) is 12.7 Å². The zero-order valence-corrected chi connectivity index (χ0v) is 15.8. The van der Waals surface area contributed by atoms with Gasteiger partial charge in [0.1, 0.15) is 0 Å². The fourth-order valence-electron chi connectivity index (χ4n) is 4.82. The summed E-state index contributed by atoms with van der Waals surface area (Å²) in [5.41, 5.74) is 2.55. The van der Waals surface area contributed by atoms with Gasteiger partial charge in [-0.2, -0.15) is 0 Å². The van der Waals surface area contributed by atoms with E-state index >= 15 is 0 Å². The number of rotatable bonds is 9. The number of methoxy groups -OCH3 is 1. The Kier molecular flexibility index (Phi) is 5.98. The van der Waals surface area contributed by atoms with Crippen molar-refractivity contribution in [2.24, 2.45) is 17.3 Å². The predicted octanol–water partition coefficient (Wildman–Crippen LogP) is 6.26. The molecule has 0 aromatic heterocycles. The summed E-state index contributed by atoms with van der Waals surface area (Å²) in [6.45, 7) is 2.46. The first-order chi connectivity index (χ1) is 12.1. The zero-order valence-electron chi connectivity index (χ0n) is 15.8. The lowest BCUT2D eigenvalue weighted by Crippen LogP contribution is -2.06. The minimum Gasteiger partial charge on any atom is -0.465 e. The highest BCUT2D eigenvalue weighted by Gasteiger charge is 2.56. The molecule has 3 atom stereocenters. The van der Waals surface area contributed by atoms with Crippen LogP contribution in [0.5, 0.6) is 0 Å². The van der Waals surface area contributed by atoms with Gasteiger partial charge < -0.3 is 4.74 Å². The molecule has 0 aliphatic heterocycles. The van der Waals surface area contributed by atoms with Crippen molar-refractivity contribution in [3.05, 3.63) is 41.5 Å². The van der Waals surface area contributed by atoms with Gasteiger partial charge in [-0.25, -0.2) is 4.79 Å². The third-order valence-electron chi connectivity index (χ3n) is 6.30. The molecule has 0 radical (unpaired) electrons. The van der Waals surface area contributed by atoms with Crippen LogP contribution in [0.4, 0.5) is 0 Å². The number of benzene rings is 1. The van der Waals surface area contributed by atoms with Crippen molar-refractivity contribution in [2.75, 3.05) is 7.11 Å². The van der Waals surface area contributed by atoms with Gasteiger partial charge in [-0.1, -0.05) is 50.5 Å². The van der Waals surface area contributed by atoms with Crippen LogP contribution < -0.4 is 0 Å². The van der Waals surface area contributed by atoms with Gasteiger partial charge >= 0.3 is 5.97 Å². The van der Waals surface area contributed by atoms with E-state index in [1.54, 1.807) is 0 Å². The third kappa shape index (κ3) is 4.74. The molecule has 2 fully saturated rings. The van der Waals surface area contributed by atoms with Gasteiger partial charge in [0, 0.05) is 0 Å². The monoisotopic (exact) mass is 340 g/mol. The minimum absolute atomic E-state index is 0.278. The molecule has 0 heterocycles. The molecule has 2 aliphatic rings. The molecule has 2 heteroatoms. The lowest BCUT2D eigenvalue weighted by Gasteiger charge is -2.18. The summed E-state index contributed by atoms with van der Waals surface area (Å²) in [5.74, 6) is 1.72. The molecule has 25 heavy (non-hydrogen) atoms. The Balaban J connectivity index is 1.30. The third-order valence-corrected chi connectivity index (χ3v) is 6.30. The highest BCUT2D eigenvalue weighted by atomic mass is 16.5. The summed E-state index contributed by atoms with van der Waals surface area (Å²) < 4.78 is 4.71. The average molecular weight is 341 g/mol. The van der Waals surface area contributed by atoms with Gasteiger partial charge in [0.15, 0.2) is 0 Å². The average Bonchev–Trinajstić information content (AvgIpc) is 3.16. The Labute approximate surface area is 152 Å². The van der Waals surface area contributed by atoms with Crippen molar-refractivity contribution >= 4 is 12.0 Å². The Morgan fingerprint density at radius 2 is 2.12 bits per heavy atom. The summed E-state index contributed by atoms with van der Waals surface area (Å²) in [4.78, 5) is 11.4. The number of hydrogen-bond acceptors (Lipinski definition) is 2. The summed E-state index contributed by atoms with van der Waals surface area (Å²) in [7, 11) is 1.41. The highest BCUT2D eigenvalue weighted by molar-refractivity contribution is 5.89. The van der Waals surface area contributed by atoms with Crippen molar-refractivity contribution in [2.45, 2.75) is 64.7 Å². The Morgan fingerprint density at radius 1 is 1.32 bits per heavy atom. The van der Waals surface area contributed by atoms with E-state index in [2.05, 4.69) is 19.1 Å². The van der Waals surface area contributed by atoms with E-state index in [4.69, 9.17) is 4.74 Å². The maximum Gasteiger partial charge on any atom is 0.337 e. The van der Waals surface area contributed by atoms with E-state index in [-0.39, 0.29) is 5.97 Å². The van der Waals surface area contributed by atoms with Crippen molar-refractivity contribution in [3.63, 3.8) is 0 Å². The molecular formula is C23H32O2. The number of carbonyl (C=O) groups is 1. The van der Waals surface area contributed by atoms with Crippen LogP contribution >= 0.6 is 0 Å². The minimum atomic E-state index is -0.278. The maximum absolute atomic E-state index is 11.4. The molecule has 1 aromatic rings. The number of hydrogen-bond donors (Lipinski definition) is 0. The molecular weight excluding hydrogens is 308 g/mol. The van der Waals surface area contributed by atoms with E-state index in [1.165, 1.54) is 58.5 Å². The number of ether oxygens (including phenoxy) is 1. The van der Waals surface area contributed by atoms with Crippen LogP contribution in [0, 0.1) is 17.3 Å². The molecule has 3 rings (SSSR count). The van der Waals surface area contributed by atoms with Gasteiger partial charge in [0.2, 0.25) is 0 Å². The topological polar surface area (TPSA) is 26.3 Å². The van der Waals surface area contributed by atoms with Gasteiger partial charge in [-0.05, 0) is 73.5 Å². The van der Waals surface area contributed by atoms with Crippen molar-refractivity contribution < 1.29 is 9.53 Å². The Bertz CT molecular complexity index is 601. The van der Waals surface area contributed by atoms with Crippen molar-refractivity contribution in [1.29, 1.82) is 0 Å². The molecule has 2 aliphatic carbocycles. The van der Waals surface area contributed by atoms with Crippen LogP contribution in [0.15, 0.2) is 30.3 Å². The van der Waals surface area contributed by atoms with Crippen LogP contribution in [0.1, 0.15) is 80.6 Å². The number of unbranched alkanes of at least 4 members (excludes halogenated alkanes) is 2. The number of fused-ring (bicyclic) bond motifs is 1. The number of esters is 1. The molecule has 0 saturated heterocycles. The Hall–Kier alpha value is -1.57. The lowest BCUT2D eigenvalue weighted by atomic mass is 9.88. The van der Waals surface area contributed by atoms with Crippen molar-refractivity contribution in [1.82, 2.24) is 0 Å². The van der Waals surface area contributed by atoms with Crippen molar-refractivity contribution in [3.8, 4) is 0 Å². The van der Waals surface area contributed by atoms with E-state index in [9.17, 15) is 4.79 Å².